The molecule has 0 spiro atoms. The van der Waals surface area contributed by atoms with Gasteiger partial charge in [0.15, 0.2) is 0 Å². The molecule has 4 saturated carbocycles. The molecule has 2 N–H and O–H groups in total. The average molecular weight is 235 g/mol. The maximum Gasteiger partial charge on any atom is 0.0131 e. The summed E-state index contributed by atoms with van der Waals surface area (Å²) in [6.07, 6.45) is 7.44. The van der Waals surface area contributed by atoms with Crippen molar-refractivity contribution in [2.75, 3.05) is 0 Å². The van der Waals surface area contributed by atoms with Crippen molar-refractivity contribution in [1.29, 1.82) is 0 Å². The van der Waals surface area contributed by atoms with E-state index in [9.17, 15) is 0 Å². The molecule has 2 unspecified atom stereocenters. The van der Waals surface area contributed by atoms with Crippen LogP contribution in [0.2, 0.25) is 0 Å². The molecule has 0 radical (unpaired) electrons. The van der Waals surface area contributed by atoms with Crippen molar-refractivity contribution >= 4 is 0 Å². The minimum absolute atomic E-state index is 0.0424. The summed E-state index contributed by atoms with van der Waals surface area (Å²) < 4.78 is 0. The third kappa shape index (κ3) is 1.69. The molecule has 1 nitrogen and oxygen atoms in total. The Kier molecular flexibility index (Phi) is 2.47. The Bertz CT molecular complexity index is 296. The van der Waals surface area contributed by atoms with Crippen LogP contribution in [0.3, 0.4) is 0 Å². The predicted molar refractivity (Wildman–Crippen MR) is 72.6 cm³/mol. The van der Waals surface area contributed by atoms with Crippen molar-refractivity contribution < 1.29 is 0 Å². The Morgan fingerprint density at radius 3 is 2.00 bits per heavy atom. The quantitative estimate of drug-likeness (QED) is 0.773. The third-order valence-electron chi connectivity index (χ3n) is 6.40. The molecule has 0 aliphatic heterocycles. The minimum atomic E-state index is 0.0424. The van der Waals surface area contributed by atoms with Crippen LogP contribution in [0.15, 0.2) is 0 Å². The first-order valence-corrected chi connectivity index (χ1v) is 7.61. The molecule has 4 fully saturated rings. The number of hydrogen-bond donors (Lipinski definition) is 1. The van der Waals surface area contributed by atoms with E-state index in [1.165, 1.54) is 32.1 Å². The Balaban J connectivity index is 1.91. The highest BCUT2D eigenvalue weighted by Crippen LogP contribution is 2.65. The minimum Gasteiger partial charge on any atom is -0.325 e. The zero-order chi connectivity index (χ0) is 12.4. The van der Waals surface area contributed by atoms with Gasteiger partial charge in [-0.2, -0.15) is 0 Å². The van der Waals surface area contributed by atoms with E-state index < -0.39 is 0 Å². The van der Waals surface area contributed by atoms with Gasteiger partial charge >= 0.3 is 0 Å². The van der Waals surface area contributed by atoms with Gasteiger partial charge in [0.05, 0.1) is 0 Å². The molecular formula is C16H29N. The molecule has 2 atom stereocenters. The summed E-state index contributed by atoms with van der Waals surface area (Å²) in [4.78, 5) is 0. The summed E-state index contributed by atoms with van der Waals surface area (Å²) in [5.74, 6) is 4.57. The van der Waals surface area contributed by atoms with Crippen LogP contribution in [-0.4, -0.2) is 5.54 Å². The van der Waals surface area contributed by atoms with Crippen molar-refractivity contribution in [3.63, 3.8) is 0 Å². The molecule has 0 amide bonds. The van der Waals surface area contributed by atoms with Crippen LogP contribution in [0.4, 0.5) is 0 Å². The monoisotopic (exact) mass is 235 g/mol. The first kappa shape index (κ1) is 12.0. The van der Waals surface area contributed by atoms with Crippen LogP contribution in [0, 0.1) is 35.0 Å². The second kappa shape index (κ2) is 3.50. The lowest BCUT2D eigenvalue weighted by atomic mass is 9.42. The van der Waals surface area contributed by atoms with Crippen LogP contribution >= 0.6 is 0 Å². The van der Waals surface area contributed by atoms with Crippen molar-refractivity contribution in [2.24, 2.45) is 40.7 Å². The topological polar surface area (TPSA) is 26.0 Å². The van der Waals surface area contributed by atoms with Gasteiger partial charge in [-0.1, -0.05) is 13.8 Å². The molecule has 4 bridgehead atoms. The van der Waals surface area contributed by atoms with Gasteiger partial charge in [0.25, 0.3) is 0 Å². The Hall–Kier alpha value is -0.0400. The van der Waals surface area contributed by atoms with Crippen LogP contribution in [0.5, 0.6) is 0 Å². The number of nitrogens with two attached hydrogens (primary N) is 1. The van der Waals surface area contributed by atoms with E-state index in [2.05, 4.69) is 27.7 Å². The molecule has 4 aliphatic carbocycles. The molecule has 0 heterocycles. The van der Waals surface area contributed by atoms with Gasteiger partial charge in [0.2, 0.25) is 0 Å². The van der Waals surface area contributed by atoms with Crippen molar-refractivity contribution in [3.05, 3.63) is 0 Å². The van der Waals surface area contributed by atoms with Crippen LogP contribution in [0.1, 0.15) is 59.8 Å². The van der Waals surface area contributed by atoms with Gasteiger partial charge in [-0.05, 0) is 81.0 Å². The summed E-state index contributed by atoms with van der Waals surface area (Å²) in [6, 6.07) is 0. The summed E-state index contributed by atoms with van der Waals surface area (Å²) in [5, 5.41) is 0. The highest BCUT2D eigenvalue weighted by molar-refractivity contribution is 5.09. The van der Waals surface area contributed by atoms with Crippen molar-refractivity contribution in [3.8, 4) is 0 Å². The van der Waals surface area contributed by atoms with E-state index in [1.54, 1.807) is 0 Å². The standard InChI is InChI=1S/C16H29N/c1-10(2)16-7-11-5-12(8-16)14(15(3,4)17)13(6-11)9-16/h10-14H,5-9,17H2,1-4H3. The van der Waals surface area contributed by atoms with E-state index in [0.29, 0.717) is 5.41 Å². The van der Waals surface area contributed by atoms with Gasteiger partial charge in [-0.25, -0.2) is 0 Å². The molecule has 17 heavy (non-hydrogen) atoms. The Morgan fingerprint density at radius 2 is 1.59 bits per heavy atom. The molecule has 0 aromatic rings. The second-order valence-corrected chi connectivity index (χ2v) is 8.33. The number of hydrogen-bond acceptors (Lipinski definition) is 1. The summed E-state index contributed by atoms with van der Waals surface area (Å²) in [7, 11) is 0. The Morgan fingerprint density at radius 1 is 1.06 bits per heavy atom. The lowest BCUT2D eigenvalue weighted by Gasteiger charge is -2.64. The van der Waals surface area contributed by atoms with E-state index in [4.69, 9.17) is 5.73 Å². The van der Waals surface area contributed by atoms with Gasteiger partial charge in [-0.15, -0.1) is 0 Å². The predicted octanol–water partition coefficient (Wildman–Crippen LogP) is 3.82. The van der Waals surface area contributed by atoms with E-state index >= 15 is 0 Å². The fourth-order valence-electron chi connectivity index (χ4n) is 6.01. The van der Waals surface area contributed by atoms with Crippen LogP contribution < -0.4 is 5.73 Å². The fraction of sp³-hybridized carbons (Fsp3) is 1.00. The fourth-order valence-corrected chi connectivity index (χ4v) is 6.01. The van der Waals surface area contributed by atoms with Crippen LogP contribution in [0.25, 0.3) is 0 Å². The van der Waals surface area contributed by atoms with Crippen molar-refractivity contribution in [2.45, 2.75) is 65.3 Å². The Labute approximate surface area is 107 Å². The van der Waals surface area contributed by atoms with Gasteiger partial charge in [-0.3, -0.25) is 0 Å². The lowest BCUT2D eigenvalue weighted by molar-refractivity contribution is -0.132. The van der Waals surface area contributed by atoms with E-state index in [1.807, 2.05) is 0 Å². The molecule has 0 saturated heterocycles. The van der Waals surface area contributed by atoms with Gasteiger partial charge in [0, 0.05) is 5.54 Å². The molecule has 0 aromatic heterocycles. The smallest absolute Gasteiger partial charge is 0.0131 e. The highest BCUT2D eigenvalue weighted by atomic mass is 14.8. The van der Waals surface area contributed by atoms with E-state index in [0.717, 1.165) is 29.6 Å². The molecular weight excluding hydrogens is 206 g/mol. The molecule has 4 rings (SSSR count). The number of rotatable bonds is 2. The molecule has 0 aromatic carbocycles. The summed E-state index contributed by atoms with van der Waals surface area (Å²) >= 11 is 0. The average Bonchev–Trinajstić information content (AvgIpc) is 2.12. The van der Waals surface area contributed by atoms with Crippen molar-refractivity contribution in [1.82, 2.24) is 0 Å². The normalized spacial score (nSPS) is 49.1. The first-order chi connectivity index (χ1) is 7.82. The molecule has 98 valence electrons. The molecule has 4 aliphatic rings. The summed E-state index contributed by atoms with van der Waals surface area (Å²) in [6.45, 7) is 9.44. The highest BCUT2D eigenvalue weighted by Gasteiger charge is 2.58. The first-order valence-electron chi connectivity index (χ1n) is 7.61. The maximum atomic E-state index is 6.48. The summed E-state index contributed by atoms with van der Waals surface area (Å²) in [5.41, 5.74) is 7.22. The van der Waals surface area contributed by atoms with Gasteiger partial charge < -0.3 is 5.73 Å². The SMILES string of the molecule is CC(C)C12CC3CC(C1)C(C(C)(C)N)C(C3)C2. The van der Waals surface area contributed by atoms with Crippen LogP contribution in [-0.2, 0) is 0 Å². The van der Waals surface area contributed by atoms with Gasteiger partial charge in [0.1, 0.15) is 0 Å². The second-order valence-electron chi connectivity index (χ2n) is 8.33. The third-order valence-corrected chi connectivity index (χ3v) is 6.40. The van der Waals surface area contributed by atoms with E-state index in [-0.39, 0.29) is 5.54 Å². The molecule has 1 heteroatoms. The lowest BCUT2D eigenvalue weighted by Crippen LogP contribution is -2.60. The zero-order valence-corrected chi connectivity index (χ0v) is 12.0. The zero-order valence-electron chi connectivity index (χ0n) is 12.0. The maximum absolute atomic E-state index is 6.48. The largest absolute Gasteiger partial charge is 0.325 e.